The molecule has 0 radical (unpaired) electrons. The van der Waals surface area contributed by atoms with Crippen LogP contribution < -0.4 is 0 Å². The highest BCUT2D eigenvalue weighted by atomic mass is 32.2. The fourth-order valence-corrected chi connectivity index (χ4v) is 3.38. The predicted octanol–water partition coefficient (Wildman–Crippen LogP) is 3.30. The SMILES string of the molecule is CN(Cc1coc(-c2cccc(F)c2)n1)S(=O)(=O)c1ccccc1. The van der Waals surface area contributed by atoms with Crippen molar-refractivity contribution < 1.29 is 17.2 Å². The van der Waals surface area contributed by atoms with Gasteiger partial charge in [-0.15, -0.1) is 0 Å². The lowest BCUT2D eigenvalue weighted by atomic mass is 10.2. The third kappa shape index (κ3) is 3.37. The van der Waals surface area contributed by atoms with E-state index in [-0.39, 0.29) is 17.3 Å². The first-order chi connectivity index (χ1) is 11.5. The number of oxazole rings is 1. The molecule has 24 heavy (non-hydrogen) atoms. The Morgan fingerprint density at radius 2 is 1.88 bits per heavy atom. The molecule has 0 unspecified atom stereocenters. The number of nitrogens with zero attached hydrogens (tertiary/aromatic N) is 2. The molecule has 0 aliphatic carbocycles. The molecule has 3 rings (SSSR count). The summed E-state index contributed by atoms with van der Waals surface area (Å²) in [4.78, 5) is 4.44. The topological polar surface area (TPSA) is 63.4 Å². The zero-order chi connectivity index (χ0) is 17.2. The van der Waals surface area contributed by atoms with Crippen LogP contribution in [0.25, 0.3) is 11.5 Å². The number of rotatable bonds is 5. The normalized spacial score (nSPS) is 11.8. The van der Waals surface area contributed by atoms with Crippen molar-refractivity contribution in [1.29, 1.82) is 0 Å². The Labute approximate surface area is 139 Å². The lowest BCUT2D eigenvalue weighted by Crippen LogP contribution is -2.26. The predicted molar refractivity (Wildman–Crippen MR) is 87.0 cm³/mol. The monoisotopic (exact) mass is 346 g/mol. The van der Waals surface area contributed by atoms with Gasteiger partial charge in [-0.25, -0.2) is 17.8 Å². The summed E-state index contributed by atoms with van der Waals surface area (Å²) in [6.45, 7) is 0.0516. The van der Waals surface area contributed by atoms with Crippen LogP contribution >= 0.6 is 0 Å². The Morgan fingerprint density at radius 3 is 2.58 bits per heavy atom. The van der Waals surface area contributed by atoms with Crippen molar-refractivity contribution in [3.63, 3.8) is 0 Å². The highest BCUT2D eigenvalue weighted by Gasteiger charge is 2.21. The summed E-state index contributed by atoms with van der Waals surface area (Å²) in [5.74, 6) is -0.147. The van der Waals surface area contributed by atoms with Crippen LogP contribution in [0.1, 0.15) is 5.69 Å². The molecule has 2 aromatic carbocycles. The third-order valence-electron chi connectivity index (χ3n) is 3.46. The van der Waals surface area contributed by atoms with Crippen molar-refractivity contribution in [3.8, 4) is 11.5 Å². The van der Waals surface area contributed by atoms with Crippen LogP contribution in [0.5, 0.6) is 0 Å². The lowest BCUT2D eigenvalue weighted by molar-refractivity contribution is 0.461. The molecule has 0 spiro atoms. The molecular formula is C17H15FN2O3S. The van der Waals surface area contributed by atoms with Gasteiger partial charge >= 0.3 is 0 Å². The Morgan fingerprint density at radius 1 is 1.12 bits per heavy atom. The average Bonchev–Trinajstić information content (AvgIpc) is 3.04. The minimum absolute atomic E-state index is 0.0516. The molecule has 0 saturated heterocycles. The second kappa shape index (κ2) is 6.54. The fraction of sp³-hybridized carbons (Fsp3) is 0.118. The van der Waals surface area contributed by atoms with Crippen LogP contribution in [0.3, 0.4) is 0 Å². The van der Waals surface area contributed by atoms with E-state index in [0.717, 1.165) is 0 Å². The fourth-order valence-electron chi connectivity index (χ4n) is 2.22. The molecule has 1 heterocycles. The van der Waals surface area contributed by atoms with E-state index in [1.54, 1.807) is 30.3 Å². The van der Waals surface area contributed by atoms with Gasteiger partial charge in [-0.2, -0.15) is 4.31 Å². The second-order valence-electron chi connectivity index (χ2n) is 5.23. The largest absolute Gasteiger partial charge is 0.444 e. The van der Waals surface area contributed by atoms with Crippen molar-refractivity contribution in [2.75, 3.05) is 7.05 Å². The van der Waals surface area contributed by atoms with Gasteiger partial charge in [0.15, 0.2) is 0 Å². The average molecular weight is 346 g/mol. The zero-order valence-electron chi connectivity index (χ0n) is 12.9. The molecule has 0 fully saturated rings. The van der Waals surface area contributed by atoms with Crippen LogP contribution in [-0.2, 0) is 16.6 Å². The molecule has 0 aliphatic heterocycles. The smallest absolute Gasteiger partial charge is 0.243 e. The van der Waals surface area contributed by atoms with E-state index in [4.69, 9.17) is 4.42 Å². The first kappa shape index (κ1) is 16.4. The Hall–Kier alpha value is -2.51. The number of sulfonamides is 1. The minimum Gasteiger partial charge on any atom is -0.444 e. The quantitative estimate of drug-likeness (QED) is 0.711. The van der Waals surface area contributed by atoms with E-state index in [0.29, 0.717) is 11.3 Å². The second-order valence-corrected chi connectivity index (χ2v) is 7.27. The van der Waals surface area contributed by atoms with Crippen LogP contribution in [0.4, 0.5) is 4.39 Å². The van der Waals surface area contributed by atoms with Crippen LogP contribution in [0.15, 0.2) is 70.2 Å². The van der Waals surface area contributed by atoms with Crippen molar-refractivity contribution in [3.05, 3.63) is 72.4 Å². The van der Waals surface area contributed by atoms with Gasteiger partial charge in [0, 0.05) is 12.6 Å². The van der Waals surface area contributed by atoms with Crippen molar-refractivity contribution >= 4 is 10.0 Å². The standard InChI is InChI=1S/C17H15FN2O3S/c1-20(24(21,22)16-8-3-2-4-9-16)11-15-12-23-17(19-15)13-6-5-7-14(18)10-13/h2-10,12H,11H2,1H3. The molecule has 0 N–H and O–H groups in total. The van der Waals surface area contributed by atoms with Gasteiger partial charge in [-0.1, -0.05) is 24.3 Å². The Bertz CT molecular complexity index is 939. The highest BCUT2D eigenvalue weighted by molar-refractivity contribution is 7.89. The summed E-state index contributed by atoms with van der Waals surface area (Å²) >= 11 is 0. The van der Waals surface area contributed by atoms with Crippen LogP contribution in [-0.4, -0.2) is 24.8 Å². The highest BCUT2D eigenvalue weighted by Crippen LogP contribution is 2.21. The van der Waals surface area contributed by atoms with Crippen molar-refractivity contribution in [2.45, 2.75) is 11.4 Å². The maximum Gasteiger partial charge on any atom is 0.243 e. The summed E-state index contributed by atoms with van der Waals surface area (Å²) in [6, 6.07) is 14.0. The van der Waals surface area contributed by atoms with Gasteiger partial charge < -0.3 is 4.42 Å². The molecule has 7 heteroatoms. The number of aromatic nitrogens is 1. The third-order valence-corrected chi connectivity index (χ3v) is 5.28. The van der Waals surface area contributed by atoms with Gasteiger partial charge in [0.05, 0.1) is 17.1 Å². The molecule has 124 valence electrons. The number of halogens is 1. The molecule has 0 bridgehead atoms. The van der Waals surface area contributed by atoms with E-state index >= 15 is 0 Å². The Balaban J connectivity index is 1.80. The van der Waals surface area contributed by atoms with Crippen molar-refractivity contribution in [1.82, 2.24) is 9.29 Å². The van der Waals surface area contributed by atoms with E-state index < -0.39 is 15.8 Å². The first-order valence-electron chi connectivity index (χ1n) is 7.18. The molecule has 0 amide bonds. The number of hydrogen-bond donors (Lipinski definition) is 0. The van der Waals surface area contributed by atoms with Gasteiger partial charge in [0.2, 0.25) is 15.9 Å². The molecule has 3 aromatic rings. The lowest BCUT2D eigenvalue weighted by Gasteiger charge is -2.15. The molecule has 0 atom stereocenters. The molecule has 0 aliphatic rings. The van der Waals surface area contributed by atoms with Crippen LogP contribution in [0, 0.1) is 5.82 Å². The van der Waals surface area contributed by atoms with Crippen LogP contribution in [0.2, 0.25) is 0 Å². The summed E-state index contributed by atoms with van der Waals surface area (Å²) in [5.41, 5.74) is 0.936. The summed E-state index contributed by atoms with van der Waals surface area (Å²) in [6.07, 6.45) is 1.37. The minimum atomic E-state index is -3.61. The summed E-state index contributed by atoms with van der Waals surface area (Å²) in [5, 5.41) is 0. The van der Waals surface area contributed by atoms with Gasteiger partial charge in [-0.3, -0.25) is 0 Å². The van der Waals surface area contributed by atoms with Crippen molar-refractivity contribution in [2.24, 2.45) is 0 Å². The van der Waals surface area contributed by atoms with Gasteiger partial charge in [-0.05, 0) is 30.3 Å². The summed E-state index contributed by atoms with van der Waals surface area (Å²) < 4.78 is 44.7. The van der Waals surface area contributed by atoms with E-state index in [1.165, 1.54) is 41.9 Å². The number of hydrogen-bond acceptors (Lipinski definition) is 4. The Kier molecular flexibility index (Phi) is 4.46. The maximum absolute atomic E-state index is 13.3. The molecule has 1 aromatic heterocycles. The van der Waals surface area contributed by atoms with E-state index in [2.05, 4.69) is 4.98 Å². The zero-order valence-corrected chi connectivity index (χ0v) is 13.7. The molecule has 0 saturated carbocycles. The number of benzene rings is 2. The maximum atomic E-state index is 13.3. The van der Waals surface area contributed by atoms with E-state index in [1.807, 2.05) is 0 Å². The van der Waals surface area contributed by atoms with E-state index in [9.17, 15) is 12.8 Å². The molecule has 5 nitrogen and oxygen atoms in total. The summed E-state index contributed by atoms with van der Waals surface area (Å²) in [7, 11) is -2.14. The first-order valence-corrected chi connectivity index (χ1v) is 8.62. The van der Waals surface area contributed by atoms with Gasteiger partial charge in [0.25, 0.3) is 0 Å². The molecular weight excluding hydrogens is 331 g/mol. The van der Waals surface area contributed by atoms with Gasteiger partial charge in [0.1, 0.15) is 12.1 Å².